The molecule has 11 heteroatoms. The van der Waals surface area contributed by atoms with Gasteiger partial charge in [-0.1, -0.05) is 6.08 Å². The molecule has 6 rings (SSSR count). The van der Waals surface area contributed by atoms with Gasteiger partial charge in [-0.05, 0) is 68.9 Å². The van der Waals surface area contributed by atoms with Gasteiger partial charge < -0.3 is 19.9 Å². The van der Waals surface area contributed by atoms with E-state index < -0.39 is 0 Å². The average Bonchev–Trinajstić information content (AvgIpc) is 3.69. The zero-order valence-corrected chi connectivity index (χ0v) is 22.7. The molecule has 0 spiro atoms. The molecular weight excluding hydrogens is 506 g/mol. The minimum Gasteiger partial charge on any atom is -0.457 e. The lowest BCUT2D eigenvalue weighted by Gasteiger charge is -2.16. The Morgan fingerprint density at radius 3 is 2.77 bits per heavy atom. The monoisotopic (exact) mass is 537 g/mol. The Morgan fingerprint density at radius 1 is 1.10 bits per heavy atom. The van der Waals surface area contributed by atoms with Crippen LogP contribution in [0, 0.1) is 6.92 Å². The number of amides is 1. The number of aryl methyl sites for hydroxylation is 1. The summed E-state index contributed by atoms with van der Waals surface area (Å²) in [5, 5.41) is 12.0. The third-order valence-electron chi connectivity index (χ3n) is 7.07. The molecule has 40 heavy (non-hydrogen) atoms. The molecule has 1 fully saturated rings. The predicted octanol–water partition coefficient (Wildman–Crippen LogP) is 4.05. The number of pyridine rings is 1. The Morgan fingerprint density at radius 2 is 1.93 bits per heavy atom. The Hall–Kier alpha value is -4.77. The van der Waals surface area contributed by atoms with E-state index in [-0.39, 0.29) is 11.8 Å². The molecule has 0 bridgehead atoms. The van der Waals surface area contributed by atoms with E-state index in [0.717, 1.165) is 59.1 Å². The second-order valence-corrected chi connectivity index (χ2v) is 10.2. The van der Waals surface area contributed by atoms with E-state index in [1.165, 1.54) is 6.33 Å². The highest BCUT2D eigenvalue weighted by molar-refractivity contribution is 5.88. The number of likely N-dealkylation sites (tertiary alicyclic amines) is 1. The van der Waals surface area contributed by atoms with E-state index in [0.29, 0.717) is 12.3 Å². The second-order valence-electron chi connectivity index (χ2n) is 10.2. The standard InChI is InChI=1S/C29H31N9O2/c1-20-15-22(6-7-25(20)40-23-9-13-37-26(16-23)30-18-32-37)34-29-28-24(10-14-38(28)33-19-31-29)21-8-12-36(17-21)27(39)5-4-11-35(2)3/h4-7,9-10,13-16,18-19,21H,8,11-12,17H2,1-3H3,(H,31,33,34)/b5-4+. The highest BCUT2D eigenvalue weighted by Gasteiger charge is 2.29. The van der Waals surface area contributed by atoms with Crippen molar-refractivity contribution < 1.29 is 9.53 Å². The van der Waals surface area contributed by atoms with E-state index >= 15 is 0 Å². The van der Waals surface area contributed by atoms with Crippen LogP contribution in [0.1, 0.15) is 23.5 Å². The van der Waals surface area contributed by atoms with Gasteiger partial charge >= 0.3 is 0 Å². The fourth-order valence-electron chi connectivity index (χ4n) is 5.05. The maximum absolute atomic E-state index is 12.7. The highest BCUT2D eigenvalue weighted by atomic mass is 16.5. The number of anilines is 2. The Kier molecular flexibility index (Phi) is 6.87. The molecule has 1 unspecified atom stereocenters. The van der Waals surface area contributed by atoms with Crippen molar-refractivity contribution in [1.82, 2.24) is 39.0 Å². The van der Waals surface area contributed by atoms with Crippen LogP contribution < -0.4 is 10.1 Å². The number of benzene rings is 1. The summed E-state index contributed by atoms with van der Waals surface area (Å²) in [5.41, 5.74) is 4.64. The molecule has 0 radical (unpaired) electrons. The first-order valence-electron chi connectivity index (χ1n) is 13.2. The minimum absolute atomic E-state index is 0.0571. The Balaban J connectivity index is 1.19. The molecule has 5 heterocycles. The summed E-state index contributed by atoms with van der Waals surface area (Å²) in [6.45, 7) is 4.15. The number of likely N-dealkylation sites (N-methyl/N-ethyl adjacent to an activating group) is 1. The molecule has 11 nitrogen and oxygen atoms in total. The smallest absolute Gasteiger partial charge is 0.246 e. The van der Waals surface area contributed by atoms with E-state index in [2.05, 4.69) is 31.5 Å². The van der Waals surface area contributed by atoms with Gasteiger partial charge in [0.25, 0.3) is 0 Å². The van der Waals surface area contributed by atoms with E-state index in [4.69, 9.17) is 4.74 Å². The number of carbonyl (C=O) groups is 1. The van der Waals surface area contributed by atoms with Crippen LogP contribution in [0.2, 0.25) is 0 Å². The molecule has 1 aromatic carbocycles. The summed E-state index contributed by atoms with van der Waals surface area (Å²) in [5.74, 6) is 2.43. The van der Waals surface area contributed by atoms with Crippen molar-refractivity contribution in [3.63, 3.8) is 0 Å². The van der Waals surface area contributed by atoms with Crippen LogP contribution in [0.4, 0.5) is 11.5 Å². The van der Waals surface area contributed by atoms with Crippen LogP contribution in [-0.2, 0) is 4.79 Å². The van der Waals surface area contributed by atoms with Crippen LogP contribution in [0.15, 0.2) is 73.6 Å². The summed E-state index contributed by atoms with van der Waals surface area (Å²) >= 11 is 0. The number of carbonyl (C=O) groups excluding carboxylic acids is 1. The number of nitrogens with one attached hydrogen (secondary N) is 1. The molecule has 5 aromatic rings. The molecule has 0 saturated carbocycles. The fourth-order valence-corrected chi connectivity index (χ4v) is 5.05. The zero-order valence-electron chi connectivity index (χ0n) is 22.7. The summed E-state index contributed by atoms with van der Waals surface area (Å²) in [6, 6.07) is 11.7. The van der Waals surface area contributed by atoms with Crippen LogP contribution in [0.5, 0.6) is 11.5 Å². The first kappa shape index (κ1) is 25.5. The third-order valence-corrected chi connectivity index (χ3v) is 7.07. The number of hydrogen-bond donors (Lipinski definition) is 1. The van der Waals surface area contributed by atoms with Gasteiger partial charge in [-0.15, -0.1) is 0 Å². The van der Waals surface area contributed by atoms with Crippen LogP contribution >= 0.6 is 0 Å². The molecule has 1 aliphatic heterocycles. The lowest BCUT2D eigenvalue weighted by Crippen LogP contribution is -2.26. The van der Waals surface area contributed by atoms with Crippen LogP contribution in [0.3, 0.4) is 0 Å². The molecule has 0 aliphatic carbocycles. The fraction of sp³-hybridized carbons (Fsp3) is 0.276. The number of ether oxygens (including phenoxy) is 1. The zero-order chi connectivity index (χ0) is 27.6. The van der Waals surface area contributed by atoms with Gasteiger partial charge in [0.05, 0.1) is 0 Å². The van der Waals surface area contributed by atoms with Crippen molar-refractivity contribution in [2.24, 2.45) is 0 Å². The summed E-state index contributed by atoms with van der Waals surface area (Å²) < 4.78 is 9.66. The minimum atomic E-state index is 0.0571. The number of fused-ring (bicyclic) bond motifs is 2. The molecular formula is C29H31N9O2. The second kappa shape index (κ2) is 10.8. The quantitative estimate of drug-likeness (QED) is 0.296. The van der Waals surface area contributed by atoms with Gasteiger partial charge in [-0.3, -0.25) is 4.79 Å². The summed E-state index contributed by atoms with van der Waals surface area (Å²) in [6.07, 6.45) is 11.3. The molecule has 204 valence electrons. The van der Waals surface area contributed by atoms with E-state index in [9.17, 15) is 4.79 Å². The van der Waals surface area contributed by atoms with Gasteiger partial charge in [0.15, 0.2) is 11.5 Å². The van der Waals surface area contributed by atoms with Crippen molar-refractivity contribution in [3.8, 4) is 11.5 Å². The van der Waals surface area contributed by atoms with Gasteiger partial charge in [0.1, 0.15) is 29.7 Å². The van der Waals surface area contributed by atoms with Crippen LogP contribution in [0.25, 0.3) is 11.2 Å². The Labute approximate surface area is 231 Å². The number of hydrogen-bond acceptors (Lipinski definition) is 8. The first-order valence-corrected chi connectivity index (χ1v) is 13.2. The lowest BCUT2D eigenvalue weighted by molar-refractivity contribution is -0.125. The normalized spacial score (nSPS) is 15.6. The van der Waals surface area contributed by atoms with Crippen molar-refractivity contribution in [2.75, 3.05) is 39.0 Å². The van der Waals surface area contributed by atoms with Crippen molar-refractivity contribution >= 4 is 28.6 Å². The van der Waals surface area contributed by atoms with Crippen molar-refractivity contribution in [1.29, 1.82) is 0 Å². The van der Waals surface area contributed by atoms with E-state index in [1.807, 2.05) is 84.1 Å². The number of rotatable bonds is 8. The van der Waals surface area contributed by atoms with Gasteiger partial charge in [0.2, 0.25) is 5.91 Å². The van der Waals surface area contributed by atoms with Gasteiger partial charge in [-0.2, -0.15) is 10.2 Å². The third kappa shape index (κ3) is 5.23. The summed E-state index contributed by atoms with van der Waals surface area (Å²) in [4.78, 5) is 25.4. The molecule has 1 N–H and O–H groups in total. The largest absolute Gasteiger partial charge is 0.457 e. The molecule has 1 atom stereocenters. The maximum atomic E-state index is 12.7. The molecule has 1 amide bonds. The summed E-state index contributed by atoms with van der Waals surface area (Å²) in [7, 11) is 3.97. The Bertz CT molecular complexity index is 1700. The SMILES string of the molecule is Cc1cc(Nc2ncnn3ccc(C4CCN(C(=O)/C=C/CN(C)C)C4)c23)ccc1Oc1ccn2ncnc2c1. The number of aromatic nitrogens is 6. The van der Waals surface area contributed by atoms with Gasteiger partial charge in [-0.25, -0.2) is 19.0 Å². The lowest BCUT2D eigenvalue weighted by atomic mass is 9.99. The molecule has 1 saturated heterocycles. The highest BCUT2D eigenvalue weighted by Crippen LogP contribution is 2.35. The van der Waals surface area contributed by atoms with Gasteiger partial charge in [0, 0.05) is 55.8 Å². The van der Waals surface area contributed by atoms with E-state index in [1.54, 1.807) is 16.9 Å². The average molecular weight is 538 g/mol. The van der Waals surface area contributed by atoms with Crippen molar-refractivity contribution in [2.45, 2.75) is 19.3 Å². The van der Waals surface area contributed by atoms with Crippen molar-refractivity contribution in [3.05, 3.63) is 84.7 Å². The topological polar surface area (TPSA) is 105 Å². The molecule has 4 aromatic heterocycles. The first-order chi connectivity index (χ1) is 19.4. The maximum Gasteiger partial charge on any atom is 0.246 e. The predicted molar refractivity (Wildman–Crippen MR) is 152 cm³/mol. The molecule has 1 aliphatic rings. The van der Waals surface area contributed by atoms with Crippen LogP contribution in [-0.4, -0.2) is 78.6 Å². The number of nitrogens with zero attached hydrogens (tertiary/aromatic N) is 8.